The monoisotopic (exact) mass is 272 g/mol. The lowest BCUT2D eigenvalue weighted by molar-refractivity contribution is 0.475. The molecule has 3 N–H and O–H groups in total. The third-order valence-corrected chi connectivity index (χ3v) is 2.55. The Balaban J connectivity index is 2.19. The minimum atomic E-state index is -0.307. The van der Waals surface area contributed by atoms with E-state index in [4.69, 9.17) is 33.4 Å². The third kappa shape index (κ3) is 2.88. The average molecular weight is 273 g/mol. The molecule has 1 aromatic heterocycles. The van der Waals surface area contributed by atoms with E-state index in [-0.39, 0.29) is 12.1 Å². The molecule has 0 spiro atoms. The maximum Gasteiger partial charge on any atom is 0.320 e. The van der Waals surface area contributed by atoms with Crippen molar-refractivity contribution >= 4 is 34.9 Å². The molecule has 2 aromatic rings. The molecule has 0 aliphatic heterocycles. The second-order valence-electron chi connectivity index (χ2n) is 3.48. The number of nitrogens with zero attached hydrogens (tertiary/aromatic N) is 2. The standard InChI is InChI=1S/C10H10Cl2N4O/c1-5(13)9-15-16-10(17-9)14-8-3-2-6(11)4-7(8)12/h2-5H,13H2,1H3,(H,14,16). The summed E-state index contributed by atoms with van der Waals surface area (Å²) in [7, 11) is 0. The summed E-state index contributed by atoms with van der Waals surface area (Å²) in [5.74, 6) is 0.359. The normalized spacial score (nSPS) is 12.5. The molecule has 0 saturated heterocycles. The van der Waals surface area contributed by atoms with E-state index in [1.165, 1.54) is 0 Å². The third-order valence-electron chi connectivity index (χ3n) is 2.00. The highest BCUT2D eigenvalue weighted by atomic mass is 35.5. The summed E-state index contributed by atoms with van der Waals surface area (Å²) < 4.78 is 5.28. The van der Waals surface area contributed by atoms with E-state index >= 15 is 0 Å². The van der Waals surface area contributed by atoms with Crippen LogP contribution in [0, 0.1) is 0 Å². The lowest BCUT2D eigenvalue weighted by Crippen LogP contribution is -2.04. The molecule has 1 unspecified atom stereocenters. The molecular weight excluding hydrogens is 263 g/mol. The topological polar surface area (TPSA) is 77.0 Å². The van der Waals surface area contributed by atoms with Crippen molar-refractivity contribution in [3.63, 3.8) is 0 Å². The van der Waals surface area contributed by atoms with Crippen LogP contribution in [0.2, 0.25) is 10.0 Å². The van der Waals surface area contributed by atoms with Crippen LogP contribution in [0.15, 0.2) is 22.6 Å². The van der Waals surface area contributed by atoms with Gasteiger partial charge in [-0.15, -0.1) is 5.10 Å². The Morgan fingerprint density at radius 2 is 2.12 bits per heavy atom. The summed E-state index contributed by atoms with van der Waals surface area (Å²) >= 11 is 11.8. The highest BCUT2D eigenvalue weighted by molar-refractivity contribution is 6.36. The Morgan fingerprint density at radius 3 is 2.71 bits per heavy atom. The van der Waals surface area contributed by atoms with Crippen LogP contribution < -0.4 is 11.1 Å². The summed E-state index contributed by atoms with van der Waals surface area (Å²) in [6.45, 7) is 1.76. The number of anilines is 2. The van der Waals surface area contributed by atoms with Gasteiger partial charge in [0.15, 0.2) is 0 Å². The van der Waals surface area contributed by atoms with E-state index in [1.807, 2.05) is 0 Å². The number of rotatable bonds is 3. The van der Waals surface area contributed by atoms with Gasteiger partial charge in [0.25, 0.3) is 0 Å². The molecule has 0 saturated carbocycles. The van der Waals surface area contributed by atoms with Gasteiger partial charge in [0.05, 0.1) is 16.8 Å². The van der Waals surface area contributed by atoms with E-state index < -0.39 is 0 Å². The van der Waals surface area contributed by atoms with Crippen LogP contribution in [0.1, 0.15) is 18.9 Å². The van der Waals surface area contributed by atoms with Crippen molar-refractivity contribution in [1.29, 1.82) is 0 Å². The summed E-state index contributed by atoms with van der Waals surface area (Å²) in [6.07, 6.45) is 0. The zero-order chi connectivity index (χ0) is 12.4. The lowest BCUT2D eigenvalue weighted by atomic mass is 10.3. The Morgan fingerprint density at radius 1 is 1.35 bits per heavy atom. The predicted octanol–water partition coefficient (Wildman–Crippen LogP) is 3.14. The number of aromatic nitrogens is 2. The van der Waals surface area contributed by atoms with E-state index in [9.17, 15) is 0 Å². The molecule has 0 radical (unpaired) electrons. The van der Waals surface area contributed by atoms with Gasteiger partial charge in [-0.1, -0.05) is 28.3 Å². The van der Waals surface area contributed by atoms with Gasteiger partial charge in [-0.05, 0) is 25.1 Å². The lowest BCUT2D eigenvalue weighted by Gasteiger charge is -2.04. The quantitative estimate of drug-likeness (QED) is 0.898. The zero-order valence-corrected chi connectivity index (χ0v) is 10.5. The minimum Gasteiger partial charge on any atom is -0.406 e. The van der Waals surface area contributed by atoms with Crippen LogP contribution >= 0.6 is 23.2 Å². The summed E-state index contributed by atoms with van der Waals surface area (Å²) in [5.41, 5.74) is 6.24. The summed E-state index contributed by atoms with van der Waals surface area (Å²) in [6, 6.07) is 4.98. The SMILES string of the molecule is CC(N)c1nnc(Nc2ccc(Cl)cc2Cl)o1. The molecule has 0 fully saturated rings. The van der Waals surface area contributed by atoms with Crippen LogP contribution in [-0.2, 0) is 0 Å². The number of nitrogens with one attached hydrogen (secondary N) is 1. The van der Waals surface area contributed by atoms with Gasteiger partial charge < -0.3 is 15.5 Å². The average Bonchev–Trinajstić information content (AvgIpc) is 2.71. The molecule has 0 aliphatic rings. The van der Waals surface area contributed by atoms with Gasteiger partial charge >= 0.3 is 6.01 Å². The van der Waals surface area contributed by atoms with E-state index in [1.54, 1.807) is 25.1 Å². The van der Waals surface area contributed by atoms with Crippen LogP contribution in [0.4, 0.5) is 11.7 Å². The van der Waals surface area contributed by atoms with Crippen molar-refractivity contribution in [2.24, 2.45) is 5.73 Å². The maximum absolute atomic E-state index is 5.99. The second kappa shape index (κ2) is 4.91. The first-order valence-corrected chi connectivity index (χ1v) is 5.63. The number of benzene rings is 1. The van der Waals surface area contributed by atoms with Crippen molar-refractivity contribution in [1.82, 2.24) is 10.2 Å². The van der Waals surface area contributed by atoms with Crippen LogP contribution in [0.3, 0.4) is 0 Å². The molecule has 1 heterocycles. The Labute approximate surface area is 108 Å². The first-order chi connectivity index (χ1) is 8.06. The Hall–Kier alpha value is -1.30. The molecule has 1 aromatic carbocycles. The van der Waals surface area contributed by atoms with Crippen LogP contribution in [0.5, 0.6) is 0 Å². The molecule has 1 atom stereocenters. The number of hydrogen-bond donors (Lipinski definition) is 2. The largest absolute Gasteiger partial charge is 0.406 e. The first-order valence-electron chi connectivity index (χ1n) is 4.87. The van der Waals surface area contributed by atoms with Crippen molar-refractivity contribution in [3.05, 3.63) is 34.1 Å². The molecule has 17 heavy (non-hydrogen) atoms. The van der Waals surface area contributed by atoms with Gasteiger partial charge in [0.2, 0.25) is 5.89 Å². The van der Waals surface area contributed by atoms with Crippen LogP contribution in [-0.4, -0.2) is 10.2 Å². The smallest absolute Gasteiger partial charge is 0.320 e. The fourth-order valence-electron chi connectivity index (χ4n) is 1.18. The number of halogens is 2. The Kier molecular flexibility index (Phi) is 3.51. The second-order valence-corrected chi connectivity index (χ2v) is 4.33. The van der Waals surface area contributed by atoms with Gasteiger partial charge in [-0.3, -0.25) is 0 Å². The molecule has 0 aliphatic carbocycles. The molecule has 90 valence electrons. The summed E-state index contributed by atoms with van der Waals surface area (Å²) in [4.78, 5) is 0. The maximum atomic E-state index is 5.99. The van der Waals surface area contributed by atoms with E-state index in [0.717, 1.165) is 0 Å². The van der Waals surface area contributed by atoms with Gasteiger partial charge in [-0.25, -0.2) is 0 Å². The molecular formula is C10H10Cl2N4O. The first kappa shape index (κ1) is 12.2. The van der Waals surface area contributed by atoms with Crippen molar-refractivity contribution in [2.45, 2.75) is 13.0 Å². The predicted molar refractivity (Wildman–Crippen MR) is 66.6 cm³/mol. The highest BCUT2D eigenvalue weighted by Gasteiger charge is 2.11. The number of hydrogen-bond acceptors (Lipinski definition) is 5. The highest BCUT2D eigenvalue weighted by Crippen LogP contribution is 2.28. The van der Waals surface area contributed by atoms with Gasteiger partial charge in [0, 0.05) is 5.02 Å². The van der Waals surface area contributed by atoms with Crippen molar-refractivity contribution in [3.8, 4) is 0 Å². The minimum absolute atomic E-state index is 0.238. The summed E-state index contributed by atoms with van der Waals surface area (Å²) in [5, 5.41) is 11.5. The number of nitrogens with two attached hydrogens (primary N) is 1. The van der Waals surface area contributed by atoms with E-state index in [0.29, 0.717) is 21.6 Å². The van der Waals surface area contributed by atoms with Gasteiger partial charge in [0.1, 0.15) is 0 Å². The van der Waals surface area contributed by atoms with E-state index in [2.05, 4.69) is 15.5 Å². The molecule has 5 nitrogen and oxygen atoms in total. The molecule has 0 bridgehead atoms. The fourth-order valence-corrected chi connectivity index (χ4v) is 1.63. The van der Waals surface area contributed by atoms with Crippen LogP contribution in [0.25, 0.3) is 0 Å². The molecule has 0 amide bonds. The van der Waals surface area contributed by atoms with Crippen molar-refractivity contribution in [2.75, 3.05) is 5.32 Å². The Bertz CT molecular complexity index is 527. The fraction of sp³-hybridized carbons (Fsp3) is 0.200. The molecule has 2 rings (SSSR count). The zero-order valence-electron chi connectivity index (χ0n) is 8.95. The van der Waals surface area contributed by atoms with Gasteiger partial charge in [-0.2, -0.15) is 0 Å². The van der Waals surface area contributed by atoms with Crippen molar-refractivity contribution < 1.29 is 4.42 Å². The molecule has 7 heteroatoms.